The van der Waals surface area contributed by atoms with E-state index >= 15 is 0 Å². The van der Waals surface area contributed by atoms with E-state index in [1.54, 1.807) is 0 Å². The van der Waals surface area contributed by atoms with Crippen molar-refractivity contribution >= 4 is 0 Å². The second-order valence-electron chi connectivity index (χ2n) is 2.04. The molecule has 0 heterocycles. The van der Waals surface area contributed by atoms with Crippen molar-refractivity contribution in [2.75, 3.05) is 20.1 Å². The van der Waals surface area contributed by atoms with Gasteiger partial charge in [-0.15, -0.1) is 13.1 Å². The van der Waals surface area contributed by atoms with E-state index in [0.717, 1.165) is 13.1 Å². The second-order valence-corrected chi connectivity index (χ2v) is 2.04. The van der Waals surface area contributed by atoms with Crippen LogP contribution in [0.15, 0.2) is 0 Å². The first-order valence-electron chi connectivity index (χ1n) is 3.05. The van der Waals surface area contributed by atoms with Crippen molar-refractivity contribution in [1.29, 1.82) is 0 Å². The van der Waals surface area contributed by atoms with Crippen molar-refractivity contribution < 1.29 is 65.4 Å². The fraction of sp³-hybridized carbons (Fsp3) is 0.714. The van der Waals surface area contributed by atoms with E-state index in [1.807, 2.05) is 0 Å². The van der Waals surface area contributed by atoms with Crippen LogP contribution in [0.1, 0.15) is 13.8 Å². The van der Waals surface area contributed by atoms with Gasteiger partial charge in [0.15, 0.2) is 0 Å². The Morgan fingerprint density at radius 3 is 1.50 bits per heavy atom. The average Bonchev–Trinajstić information content (AvgIpc) is 1.68. The minimum absolute atomic E-state index is 0. The summed E-state index contributed by atoms with van der Waals surface area (Å²) in [6.07, 6.45) is 4.31. The van der Waals surface area contributed by atoms with Crippen LogP contribution in [0.3, 0.4) is 0 Å². The summed E-state index contributed by atoms with van der Waals surface area (Å²) in [5.41, 5.74) is 0. The molecule has 56 valence electrons. The third-order valence-electron chi connectivity index (χ3n) is 0.988. The van der Waals surface area contributed by atoms with Crippen LogP contribution in [0.4, 0.5) is 0 Å². The molecule has 0 aromatic carbocycles. The van der Waals surface area contributed by atoms with Crippen LogP contribution in [0.5, 0.6) is 0 Å². The van der Waals surface area contributed by atoms with Crippen molar-refractivity contribution in [2.45, 2.75) is 13.8 Å². The molecular formula is C7H15NY2-2. The van der Waals surface area contributed by atoms with Crippen LogP contribution in [-0.4, -0.2) is 25.0 Å². The van der Waals surface area contributed by atoms with Crippen LogP contribution < -0.4 is 0 Å². The van der Waals surface area contributed by atoms with Crippen LogP contribution in [-0.2, 0) is 65.4 Å². The Bertz CT molecular complexity index is 44.9. The van der Waals surface area contributed by atoms with Crippen molar-refractivity contribution in [3.8, 4) is 0 Å². The molecule has 0 saturated carbocycles. The zero-order valence-corrected chi connectivity index (χ0v) is 12.8. The zero-order valence-electron chi connectivity index (χ0n) is 7.17. The molecular weight excluding hydrogens is 276 g/mol. The molecule has 3 heteroatoms. The van der Waals surface area contributed by atoms with Gasteiger partial charge in [-0.3, -0.25) is 0 Å². The predicted octanol–water partition coefficient (Wildman–Crippen LogP) is 1.36. The first-order valence-corrected chi connectivity index (χ1v) is 3.05. The predicted molar refractivity (Wildman–Crippen MR) is 37.4 cm³/mol. The maximum Gasteiger partial charge on any atom is 0 e. The summed E-state index contributed by atoms with van der Waals surface area (Å²) in [5, 5.41) is 0. The molecule has 0 saturated heterocycles. The molecule has 10 heavy (non-hydrogen) atoms. The summed E-state index contributed by atoms with van der Waals surface area (Å²) < 4.78 is 0. The largest absolute Gasteiger partial charge is 0.365 e. The molecule has 2 radical (unpaired) electrons. The van der Waals surface area contributed by atoms with Crippen molar-refractivity contribution in [2.24, 2.45) is 0 Å². The fourth-order valence-corrected chi connectivity index (χ4v) is 0.698. The first kappa shape index (κ1) is 18.1. The molecule has 0 bridgehead atoms. The van der Waals surface area contributed by atoms with Gasteiger partial charge in [-0.25, -0.2) is 0 Å². The number of rotatable bonds is 4. The Labute approximate surface area is 115 Å². The molecule has 0 aromatic heterocycles. The number of hydrogen-bond acceptors (Lipinski definition) is 1. The van der Waals surface area contributed by atoms with Crippen molar-refractivity contribution in [3.05, 3.63) is 12.8 Å². The standard InChI is InChI=1S/C7H15N.2Y/c1-4-6-8(3)7-5-2;;/h4-5H,6-7H2,1-3H3;;/q-2;;. The molecule has 0 spiro atoms. The Kier molecular flexibility index (Phi) is 24.8. The number of nitrogens with zero attached hydrogens (tertiary/aromatic N) is 1. The molecule has 0 aliphatic carbocycles. The minimum Gasteiger partial charge on any atom is -0.365 e. The monoisotopic (exact) mass is 291 g/mol. The maximum atomic E-state index is 2.25. The van der Waals surface area contributed by atoms with Gasteiger partial charge in [0.1, 0.15) is 0 Å². The van der Waals surface area contributed by atoms with Gasteiger partial charge in [-0.05, 0) is 7.05 Å². The summed E-state index contributed by atoms with van der Waals surface area (Å²) in [7, 11) is 2.11. The van der Waals surface area contributed by atoms with Gasteiger partial charge in [0.25, 0.3) is 0 Å². The van der Waals surface area contributed by atoms with Gasteiger partial charge >= 0.3 is 0 Å². The van der Waals surface area contributed by atoms with Crippen LogP contribution in [0, 0.1) is 12.8 Å². The van der Waals surface area contributed by atoms with E-state index in [-0.39, 0.29) is 65.4 Å². The van der Waals surface area contributed by atoms with Gasteiger partial charge in [0.05, 0.1) is 0 Å². The normalized spacial score (nSPS) is 8.40. The van der Waals surface area contributed by atoms with E-state index in [1.165, 1.54) is 0 Å². The molecule has 0 aliphatic heterocycles. The van der Waals surface area contributed by atoms with E-state index < -0.39 is 0 Å². The third kappa shape index (κ3) is 12.8. The summed E-state index contributed by atoms with van der Waals surface area (Å²) in [4.78, 5) is 2.25. The fourth-order valence-electron chi connectivity index (χ4n) is 0.698. The molecule has 0 unspecified atom stereocenters. The molecule has 0 amide bonds. The van der Waals surface area contributed by atoms with E-state index in [4.69, 9.17) is 0 Å². The van der Waals surface area contributed by atoms with Gasteiger partial charge in [-0.2, -0.15) is 13.8 Å². The Morgan fingerprint density at radius 2 is 1.30 bits per heavy atom. The van der Waals surface area contributed by atoms with Crippen molar-refractivity contribution in [3.63, 3.8) is 0 Å². The molecule has 0 aromatic rings. The molecule has 1 nitrogen and oxygen atoms in total. The molecule has 0 aliphatic rings. The quantitative estimate of drug-likeness (QED) is 0.707. The molecule has 0 rings (SSSR count). The van der Waals surface area contributed by atoms with Gasteiger partial charge in [-0.1, -0.05) is 0 Å². The van der Waals surface area contributed by atoms with Crippen LogP contribution in [0.2, 0.25) is 0 Å². The Morgan fingerprint density at radius 1 is 1.00 bits per heavy atom. The Balaban J connectivity index is -0.000000245. The number of hydrogen-bond donors (Lipinski definition) is 0. The maximum absolute atomic E-state index is 2.25. The summed E-state index contributed by atoms with van der Waals surface area (Å²) in [6, 6.07) is 0. The summed E-state index contributed by atoms with van der Waals surface area (Å²) in [6.45, 7) is 6.33. The first-order chi connectivity index (χ1) is 3.81. The minimum atomic E-state index is 0. The average molecular weight is 291 g/mol. The van der Waals surface area contributed by atoms with Crippen LogP contribution in [0.25, 0.3) is 0 Å². The SMILES string of the molecule is C[CH-]CN(C)C[CH-]C.[Y].[Y]. The van der Waals surface area contributed by atoms with Gasteiger partial charge < -0.3 is 17.7 Å². The molecule has 0 fully saturated rings. The molecule has 0 N–H and O–H groups in total. The summed E-state index contributed by atoms with van der Waals surface area (Å²) in [5.74, 6) is 0. The smallest absolute Gasteiger partial charge is 0 e. The van der Waals surface area contributed by atoms with E-state index in [2.05, 4.69) is 38.6 Å². The Hall–Kier alpha value is 2.17. The van der Waals surface area contributed by atoms with E-state index in [0.29, 0.717) is 0 Å². The summed E-state index contributed by atoms with van der Waals surface area (Å²) >= 11 is 0. The van der Waals surface area contributed by atoms with Crippen LogP contribution >= 0.6 is 0 Å². The zero-order chi connectivity index (χ0) is 6.41. The van der Waals surface area contributed by atoms with E-state index in [9.17, 15) is 0 Å². The van der Waals surface area contributed by atoms with Gasteiger partial charge in [0.2, 0.25) is 0 Å². The van der Waals surface area contributed by atoms with Gasteiger partial charge in [0, 0.05) is 65.4 Å². The third-order valence-corrected chi connectivity index (χ3v) is 0.988. The molecule has 0 atom stereocenters. The van der Waals surface area contributed by atoms with Crippen molar-refractivity contribution in [1.82, 2.24) is 4.90 Å². The topological polar surface area (TPSA) is 3.24 Å². The second kappa shape index (κ2) is 13.7.